The van der Waals surface area contributed by atoms with Crippen molar-refractivity contribution in [3.05, 3.63) is 17.7 Å². The summed E-state index contributed by atoms with van der Waals surface area (Å²) in [6, 6.07) is 0. The van der Waals surface area contributed by atoms with Gasteiger partial charge in [0.15, 0.2) is 0 Å². The van der Waals surface area contributed by atoms with Crippen LogP contribution in [0, 0.1) is 0 Å². The zero-order valence-electron chi connectivity index (χ0n) is 11.3. The summed E-state index contributed by atoms with van der Waals surface area (Å²) in [6.07, 6.45) is 1.24. The van der Waals surface area contributed by atoms with Crippen LogP contribution in [0.25, 0.3) is 0 Å². The predicted octanol–water partition coefficient (Wildman–Crippen LogP) is 0.733. The van der Waals surface area contributed by atoms with Gasteiger partial charge in [-0.3, -0.25) is 9.69 Å². The molecule has 7 heteroatoms. The lowest BCUT2D eigenvalue weighted by molar-refractivity contribution is 0.0195. The molecule has 2 N–H and O–H groups in total. The number of rotatable bonds is 1. The van der Waals surface area contributed by atoms with Crippen LogP contribution in [0.4, 0.5) is 4.79 Å². The summed E-state index contributed by atoms with van der Waals surface area (Å²) in [4.78, 5) is 28.7. The molecule has 7 nitrogen and oxygen atoms in total. The Kier molecular flexibility index (Phi) is 3.21. The molecule has 2 heterocycles. The minimum absolute atomic E-state index is 0.223. The molecule has 0 saturated carbocycles. The Labute approximate surface area is 111 Å². The smallest absolute Gasteiger partial charge is 0.410 e. The number of aromatic nitrogens is 2. The third-order valence-corrected chi connectivity index (χ3v) is 2.71. The first-order chi connectivity index (χ1) is 8.76. The second-order valence-corrected chi connectivity index (χ2v) is 5.50. The van der Waals surface area contributed by atoms with Gasteiger partial charge in [-0.1, -0.05) is 0 Å². The fourth-order valence-corrected chi connectivity index (χ4v) is 1.85. The molecule has 1 aliphatic heterocycles. The van der Waals surface area contributed by atoms with E-state index in [2.05, 4.69) is 4.98 Å². The summed E-state index contributed by atoms with van der Waals surface area (Å²) >= 11 is 0. The van der Waals surface area contributed by atoms with Gasteiger partial charge in [-0.05, 0) is 20.8 Å². The Morgan fingerprint density at radius 1 is 1.37 bits per heavy atom. The number of hydrogen-bond acceptors (Lipinski definition) is 4. The molecule has 0 radical (unpaired) electrons. The van der Waals surface area contributed by atoms with Crippen LogP contribution in [0.15, 0.2) is 6.20 Å². The standard InChI is InChI=1S/C12H18N4O3/c1-12(2,3)19-11(18)16-5-4-15-6-8(10(13)17)14-9(15)7-16/h6H,4-5,7H2,1-3H3,(H2,13,17). The van der Waals surface area contributed by atoms with Gasteiger partial charge in [0.1, 0.15) is 17.1 Å². The molecule has 19 heavy (non-hydrogen) atoms. The Morgan fingerprint density at radius 2 is 2.05 bits per heavy atom. The van der Waals surface area contributed by atoms with Crippen LogP contribution in [-0.4, -0.2) is 38.6 Å². The second kappa shape index (κ2) is 4.56. The lowest BCUT2D eigenvalue weighted by Gasteiger charge is -2.30. The van der Waals surface area contributed by atoms with Crippen molar-refractivity contribution < 1.29 is 14.3 Å². The SMILES string of the molecule is CC(C)(C)OC(=O)N1CCn2cc(C(N)=O)nc2C1. The normalized spacial score (nSPS) is 15.0. The molecule has 0 atom stereocenters. The summed E-state index contributed by atoms with van der Waals surface area (Å²) in [5.74, 6) is 0.0802. The quantitative estimate of drug-likeness (QED) is 0.811. The van der Waals surface area contributed by atoms with Gasteiger partial charge in [-0.15, -0.1) is 0 Å². The monoisotopic (exact) mass is 266 g/mol. The van der Waals surface area contributed by atoms with Gasteiger partial charge < -0.3 is 15.0 Å². The first-order valence-electron chi connectivity index (χ1n) is 6.10. The van der Waals surface area contributed by atoms with E-state index in [1.54, 1.807) is 11.1 Å². The summed E-state index contributed by atoms with van der Waals surface area (Å²) in [5, 5.41) is 0. The Morgan fingerprint density at radius 3 is 2.63 bits per heavy atom. The number of imidazole rings is 1. The van der Waals surface area contributed by atoms with E-state index in [0.717, 1.165) is 0 Å². The minimum atomic E-state index is -0.564. The maximum atomic E-state index is 11.9. The third-order valence-electron chi connectivity index (χ3n) is 2.71. The highest BCUT2D eigenvalue weighted by Gasteiger charge is 2.27. The van der Waals surface area contributed by atoms with E-state index < -0.39 is 11.5 Å². The van der Waals surface area contributed by atoms with Crippen molar-refractivity contribution in [2.75, 3.05) is 6.54 Å². The maximum absolute atomic E-state index is 11.9. The van der Waals surface area contributed by atoms with Crippen molar-refractivity contribution in [2.24, 2.45) is 5.73 Å². The largest absolute Gasteiger partial charge is 0.444 e. The molecule has 104 valence electrons. The van der Waals surface area contributed by atoms with E-state index in [-0.39, 0.29) is 11.8 Å². The van der Waals surface area contributed by atoms with Crippen LogP contribution in [0.2, 0.25) is 0 Å². The number of carbonyl (C=O) groups excluding carboxylic acids is 2. The number of nitrogens with two attached hydrogens (primary N) is 1. The van der Waals surface area contributed by atoms with Crippen LogP contribution in [0.1, 0.15) is 37.1 Å². The first-order valence-corrected chi connectivity index (χ1v) is 6.10. The van der Waals surface area contributed by atoms with Crippen LogP contribution < -0.4 is 5.73 Å². The molecule has 0 saturated heterocycles. The molecule has 1 aromatic rings. The molecule has 1 aliphatic rings. The van der Waals surface area contributed by atoms with Gasteiger partial charge in [0.25, 0.3) is 5.91 Å². The number of ether oxygens (including phenoxy) is 1. The molecule has 0 unspecified atom stereocenters. The highest BCUT2D eigenvalue weighted by Crippen LogP contribution is 2.16. The lowest BCUT2D eigenvalue weighted by Crippen LogP contribution is -2.41. The lowest BCUT2D eigenvalue weighted by atomic mass is 10.2. The average molecular weight is 266 g/mol. The van der Waals surface area contributed by atoms with Crippen molar-refractivity contribution in [1.82, 2.24) is 14.5 Å². The molecule has 0 aliphatic carbocycles. The summed E-state index contributed by atoms with van der Waals surface area (Å²) in [7, 11) is 0. The molecule has 0 fully saturated rings. The van der Waals surface area contributed by atoms with Gasteiger partial charge in [-0.25, -0.2) is 9.78 Å². The highest BCUT2D eigenvalue weighted by atomic mass is 16.6. The van der Waals surface area contributed by atoms with Crippen molar-refractivity contribution >= 4 is 12.0 Å². The van der Waals surface area contributed by atoms with E-state index in [1.165, 1.54) is 0 Å². The van der Waals surface area contributed by atoms with Crippen LogP contribution in [-0.2, 0) is 17.8 Å². The van der Waals surface area contributed by atoms with E-state index in [1.807, 2.05) is 25.3 Å². The number of carbonyl (C=O) groups is 2. The minimum Gasteiger partial charge on any atom is -0.444 e. The fourth-order valence-electron chi connectivity index (χ4n) is 1.85. The third kappa shape index (κ3) is 3.04. The van der Waals surface area contributed by atoms with Crippen molar-refractivity contribution in [3.63, 3.8) is 0 Å². The Bertz CT molecular complexity index is 516. The molecular formula is C12H18N4O3. The molecular weight excluding hydrogens is 248 g/mol. The van der Waals surface area contributed by atoms with Crippen molar-refractivity contribution in [1.29, 1.82) is 0 Å². The second-order valence-electron chi connectivity index (χ2n) is 5.50. The zero-order valence-corrected chi connectivity index (χ0v) is 11.3. The van der Waals surface area contributed by atoms with Gasteiger partial charge in [0.2, 0.25) is 0 Å². The number of hydrogen-bond donors (Lipinski definition) is 1. The topological polar surface area (TPSA) is 90.5 Å². The molecule has 0 bridgehead atoms. The average Bonchev–Trinajstić information content (AvgIpc) is 2.69. The highest BCUT2D eigenvalue weighted by molar-refractivity contribution is 5.90. The molecule has 0 spiro atoms. The van der Waals surface area contributed by atoms with Crippen LogP contribution in [0.5, 0.6) is 0 Å². The molecule has 2 amide bonds. The van der Waals surface area contributed by atoms with Gasteiger partial charge in [0, 0.05) is 19.3 Å². The number of primary amides is 1. The van der Waals surface area contributed by atoms with Crippen LogP contribution >= 0.6 is 0 Å². The number of nitrogens with zero attached hydrogens (tertiary/aromatic N) is 3. The van der Waals surface area contributed by atoms with Gasteiger partial charge in [-0.2, -0.15) is 0 Å². The summed E-state index contributed by atoms with van der Waals surface area (Å²) in [6.45, 7) is 6.89. The summed E-state index contributed by atoms with van der Waals surface area (Å²) in [5.41, 5.74) is 4.88. The van der Waals surface area contributed by atoms with Crippen molar-refractivity contribution in [2.45, 2.75) is 39.5 Å². The van der Waals surface area contributed by atoms with Crippen LogP contribution in [0.3, 0.4) is 0 Å². The zero-order chi connectivity index (χ0) is 14.2. The van der Waals surface area contributed by atoms with Crippen molar-refractivity contribution in [3.8, 4) is 0 Å². The van der Waals surface area contributed by atoms with E-state index >= 15 is 0 Å². The number of fused-ring (bicyclic) bond motifs is 1. The first kappa shape index (κ1) is 13.4. The Hall–Kier alpha value is -2.05. The molecule has 2 rings (SSSR count). The fraction of sp³-hybridized carbons (Fsp3) is 0.583. The van der Waals surface area contributed by atoms with Gasteiger partial charge >= 0.3 is 6.09 Å². The van der Waals surface area contributed by atoms with E-state index in [4.69, 9.17) is 10.5 Å². The molecule has 1 aromatic heterocycles. The predicted molar refractivity (Wildman–Crippen MR) is 67.4 cm³/mol. The van der Waals surface area contributed by atoms with E-state index in [0.29, 0.717) is 25.5 Å². The summed E-state index contributed by atoms with van der Waals surface area (Å²) < 4.78 is 7.14. The number of amides is 2. The maximum Gasteiger partial charge on any atom is 0.410 e. The Balaban J connectivity index is 2.09. The van der Waals surface area contributed by atoms with E-state index in [9.17, 15) is 9.59 Å². The molecule has 0 aromatic carbocycles. The van der Waals surface area contributed by atoms with Gasteiger partial charge in [0.05, 0.1) is 6.54 Å².